The number of carbonyl (C=O) groups excluding carboxylic acids is 1. The largest absolute Gasteiger partial charge is 0.471 e. The first-order chi connectivity index (χ1) is 9.77. The molecule has 0 aliphatic rings. The number of halogens is 3. The van der Waals surface area contributed by atoms with Crippen molar-refractivity contribution in [3.8, 4) is 11.4 Å². The molecule has 1 N–H and O–H groups in total. The van der Waals surface area contributed by atoms with E-state index >= 15 is 0 Å². The van der Waals surface area contributed by atoms with Gasteiger partial charge in [-0.1, -0.05) is 29.4 Å². The van der Waals surface area contributed by atoms with Crippen molar-refractivity contribution in [1.29, 1.82) is 0 Å². The van der Waals surface area contributed by atoms with Crippen LogP contribution in [-0.4, -0.2) is 26.3 Å². The van der Waals surface area contributed by atoms with Crippen LogP contribution in [0.3, 0.4) is 0 Å². The summed E-state index contributed by atoms with van der Waals surface area (Å²) in [6.07, 6.45) is -4.69. The lowest BCUT2D eigenvalue weighted by atomic mass is 10.1. The molecule has 0 spiro atoms. The highest BCUT2D eigenvalue weighted by atomic mass is 19.4. The van der Waals surface area contributed by atoms with Crippen LogP contribution in [0.2, 0.25) is 0 Å². The number of rotatable bonds is 3. The summed E-state index contributed by atoms with van der Waals surface area (Å²) >= 11 is 0. The number of aromatic nitrogens is 2. The van der Waals surface area contributed by atoms with Crippen molar-refractivity contribution in [2.24, 2.45) is 0 Å². The number of hydrogen-bond acceptors (Lipinski definition) is 5. The first kappa shape index (κ1) is 15.0. The van der Waals surface area contributed by atoms with E-state index in [4.69, 9.17) is 0 Å². The number of carbonyl (C=O) groups is 1. The molecule has 2 rings (SSSR count). The Morgan fingerprint density at radius 3 is 2.43 bits per heavy atom. The Balaban J connectivity index is 2.15. The van der Waals surface area contributed by atoms with Gasteiger partial charge in [-0.3, -0.25) is 10.0 Å². The third-order valence-corrected chi connectivity index (χ3v) is 2.58. The fourth-order valence-corrected chi connectivity index (χ4v) is 1.50. The molecule has 1 aromatic carbocycles. The summed E-state index contributed by atoms with van der Waals surface area (Å²) in [5, 5.41) is 13.0. The van der Waals surface area contributed by atoms with E-state index in [0.29, 0.717) is 16.2 Å². The van der Waals surface area contributed by atoms with Crippen LogP contribution < -0.4 is 0 Å². The first-order valence-electron chi connectivity index (χ1n) is 5.74. The predicted octanol–water partition coefficient (Wildman–Crippen LogP) is 2.49. The van der Waals surface area contributed by atoms with Gasteiger partial charge in [-0.05, 0) is 5.56 Å². The quantitative estimate of drug-likeness (QED) is 0.696. The summed E-state index contributed by atoms with van der Waals surface area (Å²) in [5.74, 6) is -2.13. The molecule has 1 amide bonds. The minimum atomic E-state index is -4.69. The van der Waals surface area contributed by atoms with Crippen LogP contribution >= 0.6 is 0 Å². The first-order valence-corrected chi connectivity index (χ1v) is 5.74. The van der Waals surface area contributed by atoms with E-state index in [-0.39, 0.29) is 12.4 Å². The number of hydroxylamine groups is 2. The lowest BCUT2D eigenvalue weighted by Gasteiger charge is -2.12. The van der Waals surface area contributed by atoms with E-state index in [9.17, 15) is 23.2 Å². The van der Waals surface area contributed by atoms with Gasteiger partial charge >= 0.3 is 12.1 Å². The maximum absolute atomic E-state index is 12.3. The van der Waals surface area contributed by atoms with Crippen molar-refractivity contribution in [3.63, 3.8) is 0 Å². The molecule has 2 aromatic rings. The van der Waals surface area contributed by atoms with Gasteiger partial charge in [-0.25, -0.2) is 5.06 Å². The van der Waals surface area contributed by atoms with Gasteiger partial charge in [0.25, 0.3) is 0 Å². The molecule has 1 heterocycles. The lowest BCUT2D eigenvalue weighted by molar-refractivity contribution is -0.165. The van der Waals surface area contributed by atoms with Gasteiger partial charge in [-0.15, -0.1) is 0 Å². The normalized spacial score (nSPS) is 11.5. The Morgan fingerprint density at radius 1 is 1.33 bits per heavy atom. The van der Waals surface area contributed by atoms with Crippen molar-refractivity contribution in [2.75, 3.05) is 0 Å². The van der Waals surface area contributed by atoms with Gasteiger partial charge in [0, 0.05) is 12.5 Å². The molecule has 1 aromatic heterocycles. The second-order valence-corrected chi connectivity index (χ2v) is 4.19. The van der Waals surface area contributed by atoms with Gasteiger partial charge in [0.2, 0.25) is 11.7 Å². The minimum Gasteiger partial charge on any atom is -0.329 e. The highest BCUT2D eigenvalue weighted by molar-refractivity contribution is 5.71. The summed E-state index contributed by atoms with van der Waals surface area (Å²) in [6, 6.07) is 6.00. The highest BCUT2D eigenvalue weighted by Crippen LogP contribution is 2.29. The summed E-state index contributed by atoms with van der Waals surface area (Å²) in [4.78, 5) is 14.1. The van der Waals surface area contributed by atoms with Gasteiger partial charge < -0.3 is 4.52 Å². The third-order valence-electron chi connectivity index (χ3n) is 2.58. The van der Waals surface area contributed by atoms with Crippen molar-refractivity contribution < 1.29 is 27.7 Å². The van der Waals surface area contributed by atoms with Crippen LogP contribution in [0.1, 0.15) is 18.4 Å². The van der Waals surface area contributed by atoms with Crippen LogP contribution in [0.25, 0.3) is 11.4 Å². The van der Waals surface area contributed by atoms with Crippen LogP contribution in [0.4, 0.5) is 13.2 Å². The number of hydrogen-bond donors (Lipinski definition) is 1. The lowest BCUT2D eigenvalue weighted by Crippen LogP contribution is -2.23. The molecule has 0 bridgehead atoms. The Hall–Kier alpha value is -2.42. The summed E-state index contributed by atoms with van der Waals surface area (Å²) in [5.41, 5.74) is 0.918. The molecule has 9 heteroatoms. The zero-order valence-corrected chi connectivity index (χ0v) is 10.8. The Kier molecular flexibility index (Phi) is 3.94. The van der Waals surface area contributed by atoms with Crippen LogP contribution in [0.5, 0.6) is 0 Å². The van der Waals surface area contributed by atoms with Gasteiger partial charge in [0.05, 0.1) is 6.54 Å². The van der Waals surface area contributed by atoms with E-state index in [1.54, 1.807) is 0 Å². The third kappa shape index (κ3) is 3.57. The standard InChI is InChI=1S/C12H10F3N3O3/c1-7(19)18(20)6-8-2-4-9(5-3-8)10-16-11(21-17-10)12(13,14)15/h2-5,20H,6H2,1H3. The minimum absolute atomic E-state index is 0.0321. The summed E-state index contributed by atoms with van der Waals surface area (Å²) < 4.78 is 41.1. The molecule has 0 unspecified atom stereocenters. The molecule has 6 nitrogen and oxygen atoms in total. The van der Waals surface area contributed by atoms with E-state index in [0.717, 1.165) is 0 Å². The molecule has 0 saturated heterocycles. The average Bonchev–Trinajstić information content (AvgIpc) is 2.89. The molecule has 21 heavy (non-hydrogen) atoms. The topological polar surface area (TPSA) is 79.5 Å². The molecular weight excluding hydrogens is 291 g/mol. The van der Waals surface area contributed by atoms with E-state index in [1.165, 1.54) is 31.2 Å². The Labute approximate surface area is 116 Å². The van der Waals surface area contributed by atoms with Crippen molar-refractivity contribution in [1.82, 2.24) is 15.2 Å². The van der Waals surface area contributed by atoms with Crippen molar-refractivity contribution in [3.05, 3.63) is 35.7 Å². The zero-order valence-electron chi connectivity index (χ0n) is 10.8. The second kappa shape index (κ2) is 5.52. The molecule has 0 atom stereocenters. The summed E-state index contributed by atoms with van der Waals surface area (Å²) in [6.45, 7) is 1.17. The van der Waals surface area contributed by atoms with Crippen LogP contribution in [-0.2, 0) is 17.5 Å². The number of nitrogens with zero attached hydrogens (tertiary/aromatic N) is 3. The van der Waals surface area contributed by atoms with E-state index in [1.807, 2.05) is 0 Å². The van der Waals surface area contributed by atoms with Crippen molar-refractivity contribution in [2.45, 2.75) is 19.6 Å². The fraction of sp³-hybridized carbons (Fsp3) is 0.250. The van der Waals surface area contributed by atoms with Gasteiger partial charge in [-0.2, -0.15) is 18.2 Å². The van der Waals surface area contributed by atoms with Crippen molar-refractivity contribution >= 4 is 5.91 Å². The summed E-state index contributed by atoms with van der Waals surface area (Å²) in [7, 11) is 0. The molecule has 0 fully saturated rings. The number of alkyl halides is 3. The SMILES string of the molecule is CC(=O)N(O)Cc1ccc(-c2noc(C(F)(F)F)n2)cc1. The molecule has 0 radical (unpaired) electrons. The van der Waals surface area contributed by atoms with Gasteiger partial charge in [0.15, 0.2) is 0 Å². The molecular formula is C12H10F3N3O3. The van der Waals surface area contributed by atoms with E-state index < -0.39 is 18.0 Å². The Bertz CT molecular complexity index is 637. The fourth-order valence-electron chi connectivity index (χ4n) is 1.50. The molecule has 0 saturated carbocycles. The van der Waals surface area contributed by atoms with Gasteiger partial charge in [0.1, 0.15) is 0 Å². The molecule has 0 aliphatic heterocycles. The van der Waals surface area contributed by atoms with Crippen LogP contribution in [0, 0.1) is 0 Å². The number of benzene rings is 1. The maximum atomic E-state index is 12.3. The molecule has 112 valence electrons. The number of amides is 1. The monoisotopic (exact) mass is 301 g/mol. The zero-order chi connectivity index (χ0) is 15.6. The van der Waals surface area contributed by atoms with E-state index in [2.05, 4.69) is 14.7 Å². The van der Waals surface area contributed by atoms with Crippen LogP contribution in [0.15, 0.2) is 28.8 Å². The highest BCUT2D eigenvalue weighted by Gasteiger charge is 2.38. The average molecular weight is 301 g/mol. The second-order valence-electron chi connectivity index (χ2n) is 4.19. The predicted molar refractivity (Wildman–Crippen MR) is 62.7 cm³/mol. The smallest absolute Gasteiger partial charge is 0.329 e. The molecule has 0 aliphatic carbocycles. The maximum Gasteiger partial charge on any atom is 0.471 e. The Morgan fingerprint density at radius 2 is 1.95 bits per heavy atom.